The van der Waals surface area contributed by atoms with Gasteiger partial charge in [0.25, 0.3) is 0 Å². The first kappa shape index (κ1) is 16.7. The smallest absolute Gasteiger partial charge is 0.317 e. The van der Waals surface area contributed by atoms with Gasteiger partial charge in [-0.1, -0.05) is 32.0 Å². The van der Waals surface area contributed by atoms with Crippen LogP contribution >= 0.6 is 0 Å². The Kier molecular flexibility index (Phi) is 4.17. The zero-order valence-corrected chi connectivity index (χ0v) is 15.6. The lowest BCUT2D eigenvalue weighted by atomic mass is 9.53. The molecule has 1 N–H and O–H groups in total. The SMILES string of the molecule is CN(C(=O)NCC1CC2CCC21)C1CC(Oc2ccccc2)C1(C)C. The monoisotopic (exact) mass is 342 g/mol. The van der Waals surface area contributed by atoms with E-state index in [4.69, 9.17) is 4.74 Å². The van der Waals surface area contributed by atoms with E-state index in [-0.39, 0.29) is 23.6 Å². The Balaban J connectivity index is 1.27. The number of fused-ring (bicyclic) bond motifs is 1. The Morgan fingerprint density at radius 3 is 2.56 bits per heavy atom. The number of para-hydroxylation sites is 1. The average Bonchev–Trinajstić information content (AvgIpc) is 2.59. The number of urea groups is 1. The Morgan fingerprint density at radius 1 is 1.24 bits per heavy atom. The first-order valence-corrected chi connectivity index (χ1v) is 9.69. The van der Waals surface area contributed by atoms with Crippen LogP contribution in [-0.4, -0.2) is 36.7 Å². The van der Waals surface area contributed by atoms with Crippen molar-refractivity contribution in [3.63, 3.8) is 0 Å². The number of rotatable bonds is 5. The topological polar surface area (TPSA) is 41.6 Å². The van der Waals surface area contributed by atoms with Gasteiger partial charge in [0.15, 0.2) is 0 Å². The summed E-state index contributed by atoms with van der Waals surface area (Å²) in [4.78, 5) is 14.4. The molecule has 4 nitrogen and oxygen atoms in total. The molecule has 3 aliphatic rings. The Labute approximate surface area is 150 Å². The lowest BCUT2D eigenvalue weighted by Gasteiger charge is -2.55. The molecule has 3 fully saturated rings. The summed E-state index contributed by atoms with van der Waals surface area (Å²) in [6.45, 7) is 5.24. The van der Waals surface area contributed by atoms with Gasteiger partial charge in [-0.05, 0) is 49.1 Å². The molecule has 0 spiro atoms. The van der Waals surface area contributed by atoms with Gasteiger partial charge < -0.3 is 15.0 Å². The lowest BCUT2D eigenvalue weighted by molar-refractivity contribution is -0.0866. The van der Waals surface area contributed by atoms with E-state index in [2.05, 4.69) is 19.2 Å². The Morgan fingerprint density at radius 2 is 2.00 bits per heavy atom. The summed E-state index contributed by atoms with van der Waals surface area (Å²) in [5.41, 5.74) is -0.0442. The van der Waals surface area contributed by atoms with Crippen LogP contribution in [0.2, 0.25) is 0 Å². The number of nitrogens with one attached hydrogen (secondary N) is 1. The zero-order valence-electron chi connectivity index (χ0n) is 15.6. The lowest BCUT2D eigenvalue weighted by Crippen LogP contribution is -2.64. The minimum Gasteiger partial charge on any atom is -0.490 e. The Hall–Kier alpha value is -1.71. The maximum atomic E-state index is 12.6. The summed E-state index contributed by atoms with van der Waals surface area (Å²) in [5.74, 6) is 3.50. The standard InChI is InChI=1S/C21H30N2O2/c1-21(2)18(12-19(21)25-16-7-5-4-6-8-16)23(3)20(24)22-13-15-11-14-9-10-17(14)15/h4-8,14-15,17-19H,9-13H2,1-3H3,(H,22,24). The summed E-state index contributed by atoms with van der Waals surface area (Å²) < 4.78 is 6.13. The van der Waals surface area contributed by atoms with Gasteiger partial charge in [0, 0.05) is 31.5 Å². The summed E-state index contributed by atoms with van der Waals surface area (Å²) in [6.07, 6.45) is 5.14. The van der Waals surface area contributed by atoms with Crippen LogP contribution in [0.3, 0.4) is 0 Å². The van der Waals surface area contributed by atoms with Crippen LogP contribution in [0.1, 0.15) is 39.5 Å². The molecule has 1 aromatic rings. The summed E-state index contributed by atoms with van der Waals surface area (Å²) >= 11 is 0. The molecular weight excluding hydrogens is 312 g/mol. The van der Waals surface area contributed by atoms with Crippen molar-refractivity contribution in [2.24, 2.45) is 23.2 Å². The minimum atomic E-state index is -0.0442. The number of ether oxygens (including phenoxy) is 1. The third-order valence-corrected chi connectivity index (χ3v) is 7.14. The van der Waals surface area contributed by atoms with Gasteiger partial charge in [0.05, 0.1) is 0 Å². The van der Waals surface area contributed by atoms with Gasteiger partial charge in [-0.2, -0.15) is 0 Å². The van der Waals surface area contributed by atoms with Crippen molar-refractivity contribution in [1.29, 1.82) is 0 Å². The molecule has 3 saturated carbocycles. The first-order valence-electron chi connectivity index (χ1n) is 9.69. The number of carbonyl (C=O) groups excluding carboxylic acids is 1. The molecule has 1 aromatic carbocycles. The normalized spacial score (nSPS) is 34.6. The van der Waals surface area contributed by atoms with Crippen LogP contribution in [0.5, 0.6) is 5.75 Å². The van der Waals surface area contributed by atoms with Crippen LogP contribution in [0.25, 0.3) is 0 Å². The van der Waals surface area contributed by atoms with Crippen molar-refractivity contribution in [3.8, 4) is 5.75 Å². The fraction of sp³-hybridized carbons (Fsp3) is 0.667. The predicted octanol–water partition coefficient (Wildman–Crippen LogP) is 3.92. The number of amides is 2. The second kappa shape index (κ2) is 6.22. The van der Waals surface area contributed by atoms with Gasteiger partial charge in [-0.25, -0.2) is 4.79 Å². The van der Waals surface area contributed by atoms with Gasteiger partial charge in [0.1, 0.15) is 11.9 Å². The maximum absolute atomic E-state index is 12.6. The van der Waals surface area contributed by atoms with Crippen LogP contribution in [0.15, 0.2) is 30.3 Å². The number of hydrogen-bond donors (Lipinski definition) is 1. The zero-order chi connectivity index (χ0) is 17.6. The highest BCUT2D eigenvalue weighted by atomic mass is 16.5. The molecule has 5 atom stereocenters. The molecule has 4 heteroatoms. The quantitative estimate of drug-likeness (QED) is 0.881. The van der Waals surface area contributed by atoms with Crippen molar-refractivity contribution in [3.05, 3.63) is 30.3 Å². The maximum Gasteiger partial charge on any atom is 0.317 e. The van der Waals surface area contributed by atoms with Crippen molar-refractivity contribution in [2.45, 2.75) is 51.7 Å². The molecule has 4 rings (SSSR count). The molecule has 136 valence electrons. The predicted molar refractivity (Wildman–Crippen MR) is 98.5 cm³/mol. The number of carbonyl (C=O) groups is 1. The molecule has 0 heterocycles. The van der Waals surface area contributed by atoms with E-state index < -0.39 is 0 Å². The molecule has 25 heavy (non-hydrogen) atoms. The van der Waals surface area contributed by atoms with Crippen LogP contribution in [-0.2, 0) is 0 Å². The van der Waals surface area contributed by atoms with Crippen LogP contribution in [0, 0.1) is 23.2 Å². The van der Waals surface area contributed by atoms with E-state index in [9.17, 15) is 4.79 Å². The van der Waals surface area contributed by atoms with Crippen molar-refractivity contribution in [2.75, 3.05) is 13.6 Å². The summed E-state index contributed by atoms with van der Waals surface area (Å²) in [6, 6.07) is 10.3. The van der Waals surface area contributed by atoms with Gasteiger partial charge in [0.2, 0.25) is 0 Å². The molecule has 0 saturated heterocycles. The first-order chi connectivity index (χ1) is 12.0. The second-order valence-corrected chi connectivity index (χ2v) is 8.79. The van der Waals surface area contributed by atoms with E-state index >= 15 is 0 Å². The number of benzene rings is 1. The van der Waals surface area contributed by atoms with Crippen molar-refractivity contribution >= 4 is 6.03 Å². The van der Waals surface area contributed by atoms with E-state index in [0.29, 0.717) is 0 Å². The van der Waals surface area contributed by atoms with Gasteiger partial charge in [-0.15, -0.1) is 0 Å². The molecule has 0 radical (unpaired) electrons. The second-order valence-electron chi connectivity index (χ2n) is 8.79. The third kappa shape index (κ3) is 2.90. The molecule has 0 aromatic heterocycles. The number of hydrogen-bond acceptors (Lipinski definition) is 2. The number of nitrogens with zero attached hydrogens (tertiary/aromatic N) is 1. The van der Waals surface area contributed by atoms with E-state index in [0.717, 1.165) is 36.5 Å². The fourth-order valence-corrected chi connectivity index (χ4v) is 4.98. The van der Waals surface area contributed by atoms with E-state index in [1.807, 2.05) is 42.3 Å². The van der Waals surface area contributed by atoms with Crippen molar-refractivity contribution in [1.82, 2.24) is 10.2 Å². The fourth-order valence-electron chi connectivity index (χ4n) is 4.98. The molecule has 2 amide bonds. The summed E-state index contributed by atoms with van der Waals surface area (Å²) in [5, 5.41) is 3.17. The highest BCUT2D eigenvalue weighted by molar-refractivity contribution is 5.74. The summed E-state index contributed by atoms with van der Waals surface area (Å²) in [7, 11) is 1.92. The molecule has 0 bridgehead atoms. The molecule has 3 aliphatic carbocycles. The highest BCUT2D eigenvalue weighted by Gasteiger charge is 2.53. The van der Waals surface area contributed by atoms with Crippen molar-refractivity contribution < 1.29 is 9.53 Å². The Bertz CT molecular complexity index is 630. The highest BCUT2D eigenvalue weighted by Crippen LogP contribution is 2.53. The van der Waals surface area contributed by atoms with Gasteiger partial charge >= 0.3 is 6.03 Å². The van der Waals surface area contributed by atoms with E-state index in [1.54, 1.807) is 0 Å². The van der Waals surface area contributed by atoms with Crippen LogP contribution in [0.4, 0.5) is 4.79 Å². The molecular formula is C21H30N2O2. The average molecular weight is 342 g/mol. The molecule has 0 aliphatic heterocycles. The molecule has 5 unspecified atom stereocenters. The minimum absolute atomic E-state index is 0.0442. The largest absolute Gasteiger partial charge is 0.490 e. The van der Waals surface area contributed by atoms with Gasteiger partial charge in [-0.3, -0.25) is 0 Å². The van der Waals surface area contributed by atoms with Crippen LogP contribution < -0.4 is 10.1 Å². The third-order valence-electron chi connectivity index (χ3n) is 7.14. The van der Waals surface area contributed by atoms with E-state index in [1.165, 1.54) is 19.3 Å².